The Morgan fingerprint density at radius 3 is 3.12 bits per heavy atom. The van der Waals surface area contributed by atoms with Gasteiger partial charge < -0.3 is 15.1 Å². The number of fused-ring (bicyclic) bond motifs is 2. The topological polar surface area (TPSA) is 67.2 Å². The maximum absolute atomic E-state index is 14.1. The third-order valence-electron chi connectivity index (χ3n) is 4.11. The first-order valence-corrected chi connectivity index (χ1v) is 9.01. The smallest absolute Gasteiger partial charge is 0.251 e. The Kier molecular flexibility index (Phi) is 4.62. The van der Waals surface area contributed by atoms with Gasteiger partial charge in [0.1, 0.15) is 11.6 Å². The molecule has 0 fully saturated rings. The number of halogens is 1. The predicted molar refractivity (Wildman–Crippen MR) is 96.8 cm³/mol. The van der Waals surface area contributed by atoms with Crippen molar-refractivity contribution in [3.63, 3.8) is 0 Å². The molecular weight excluding hydrogens is 353 g/mol. The summed E-state index contributed by atoms with van der Waals surface area (Å²) in [5.41, 5.74) is 2.29. The summed E-state index contributed by atoms with van der Waals surface area (Å²) < 4.78 is 19.2. The first-order chi connectivity index (χ1) is 12.7. The van der Waals surface area contributed by atoms with Crippen LogP contribution >= 0.6 is 11.8 Å². The highest BCUT2D eigenvalue weighted by Gasteiger charge is 2.18. The summed E-state index contributed by atoms with van der Waals surface area (Å²) in [4.78, 5) is 17.7. The average molecular weight is 369 g/mol. The van der Waals surface area contributed by atoms with Crippen molar-refractivity contribution < 1.29 is 13.6 Å². The Morgan fingerprint density at radius 2 is 2.27 bits per heavy atom. The second kappa shape index (κ2) is 7.21. The monoisotopic (exact) mass is 369 g/mol. The fraction of sp³-hybridized carbons (Fsp3) is 0.158. The van der Waals surface area contributed by atoms with Gasteiger partial charge in [-0.15, -0.1) is 0 Å². The Bertz CT molecular complexity index is 944. The number of benzene rings is 2. The van der Waals surface area contributed by atoms with E-state index in [2.05, 4.69) is 15.6 Å². The molecule has 26 heavy (non-hydrogen) atoms. The van der Waals surface area contributed by atoms with E-state index >= 15 is 0 Å². The summed E-state index contributed by atoms with van der Waals surface area (Å²) in [6.07, 6.45) is 3.58. The second-order valence-corrected chi connectivity index (χ2v) is 6.92. The van der Waals surface area contributed by atoms with E-state index in [1.54, 1.807) is 24.4 Å². The van der Waals surface area contributed by atoms with Crippen molar-refractivity contribution in [2.45, 2.75) is 22.8 Å². The molecule has 7 heteroatoms. The second-order valence-electron chi connectivity index (χ2n) is 5.87. The normalized spacial score (nSPS) is 12.5. The molecular formula is C19H16FN3O2S. The molecule has 2 N–H and O–H groups in total. The van der Waals surface area contributed by atoms with Gasteiger partial charge in [0, 0.05) is 35.7 Å². The standard InChI is InChI=1S/C19H16FN3O2S/c20-15-3-1-2-13-9-23-16-8-12(4-5-17(16)26-18(13)15)19(24)22-7-6-14-10-21-11-25-14/h1-5,8,10-11,23H,6-7,9H2,(H,22,24). The molecule has 5 nitrogen and oxygen atoms in total. The van der Waals surface area contributed by atoms with Crippen LogP contribution in [0.25, 0.3) is 0 Å². The van der Waals surface area contributed by atoms with Crippen molar-refractivity contribution in [3.05, 3.63) is 71.7 Å². The lowest BCUT2D eigenvalue weighted by atomic mass is 10.1. The van der Waals surface area contributed by atoms with E-state index in [1.807, 2.05) is 12.1 Å². The van der Waals surface area contributed by atoms with E-state index in [0.717, 1.165) is 21.9 Å². The van der Waals surface area contributed by atoms with Gasteiger partial charge >= 0.3 is 0 Å². The molecule has 132 valence electrons. The minimum atomic E-state index is -0.226. The number of hydrogen-bond donors (Lipinski definition) is 2. The van der Waals surface area contributed by atoms with Crippen molar-refractivity contribution in [1.29, 1.82) is 0 Å². The summed E-state index contributed by atoms with van der Waals surface area (Å²) in [7, 11) is 0. The number of nitrogens with one attached hydrogen (secondary N) is 2. The third kappa shape index (κ3) is 3.43. The predicted octanol–water partition coefficient (Wildman–Crippen LogP) is 3.86. The molecule has 1 aromatic heterocycles. The zero-order chi connectivity index (χ0) is 17.9. The minimum absolute atomic E-state index is 0.160. The van der Waals surface area contributed by atoms with Gasteiger partial charge in [0.2, 0.25) is 0 Å². The van der Waals surface area contributed by atoms with E-state index in [1.165, 1.54) is 24.2 Å². The van der Waals surface area contributed by atoms with Gasteiger partial charge in [-0.05, 0) is 29.8 Å². The van der Waals surface area contributed by atoms with Crippen molar-refractivity contribution in [1.82, 2.24) is 10.3 Å². The van der Waals surface area contributed by atoms with Crippen molar-refractivity contribution in [2.24, 2.45) is 0 Å². The first-order valence-electron chi connectivity index (χ1n) is 8.19. The van der Waals surface area contributed by atoms with E-state index in [4.69, 9.17) is 4.42 Å². The molecule has 0 unspecified atom stereocenters. The molecule has 2 heterocycles. The van der Waals surface area contributed by atoms with Crippen LogP contribution < -0.4 is 10.6 Å². The van der Waals surface area contributed by atoms with E-state index in [0.29, 0.717) is 30.0 Å². The fourth-order valence-electron chi connectivity index (χ4n) is 2.77. The van der Waals surface area contributed by atoms with Crippen LogP contribution in [-0.2, 0) is 13.0 Å². The Labute approximate surface area is 154 Å². The molecule has 2 aromatic carbocycles. The van der Waals surface area contributed by atoms with Crippen LogP contribution in [0.5, 0.6) is 0 Å². The number of aromatic nitrogens is 1. The number of nitrogens with zero attached hydrogens (tertiary/aromatic N) is 1. The molecule has 0 bridgehead atoms. The maximum Gasteiger partial charge on any atom is 0.251 e. The highest BCUT2D eigenvalue weighted by Crippen LogP contribution is 2.40. The summed E-state index contributed by atoms with van der Waals surface area (Å²) in [5.74, 6) is 0.341. The van der Waals surface area contributed by atoms with Crippen LogP contribution in [0.4, 0.5) is 10.1 Å². The summed E-state index contributed by atoms with van der Waals surface area (Å²) in [6.45, 7) is 0.980. The zero-order valence-electron chi connectivity index (χ0n) is 13.8. The summed E-state index contributed by atoms with van der Waals surface area (Å²) >= 11 is 1.38. The zero-order valence-corrected chi connectivity index (χ0v) is 14.6. The number of amides is 1. The van der Waals surface area contributed by atoms with E-state index in [9.17, 15) is 9.18 Å². The van der Waals surface area contributed by atoms with Gasteiger partial charge in [-0.2, -0.15) is 0 Å². The van der Waals surface area contributed by atoms with Gasteiger partial charge in [0.25, 0.3) is 5.91 Å². The minimum Gasteiger partial charge on any atom is -0.448 e. The highest BCUT2D eigenvalue weighted by atomic mass is 32.2. The van der Waals surface area contributed by atoms with Crippen LogP contribution in [0.15, 0.2) is 63.2 Å². The lowest BCUT2D eigenvalue weighted by Crippen LogP contribution is -2.25. The van der Waals surface area contributed by atoms with Crippen molar-refractivity contribution in [2.75, 3.05) is 11.9 Å². The molecule has 0 saturated carbocycles. The molecule has 0 radical (unpaired) electrons. The van der Waals surface area contributed by atoms with Gasteiger partial charge in [0.15, 0.2) is 6.39 Å². The fourth-order valence-corrected chi connectivity index (χ4v) is 3.81. The molecule has 1 aliphatic rings. The SMILES string of the molecule is O=C(NCCc1cnco1)c1ccc2c(c1)NCc1cccc(F)c1S2. The number of carbonyl (C=O) groups excluding carboxylic acids is 1. The van der Waals surface area contributed by atoms with Crippen LogP contribution in [0, 0.1) is 5.82 Å². The first kappa shape index (κ1) is 16.7. The molecule has 0 aliphatic carbocycles. The van der Waals surface area contributed by atoms with Gasteiger partial charge in [-0.25, -0.2) is 9.37 Å². The van der Waals surface area contributed by atoms with Crippen molar-refractivity contribution in [3.8, 4) is 0 Å². The molecule has 0 atom stereocenters. The number of anilines is 1. The van der Waals surface area contributed by atoms with Crippen LogP contribution in [0.2, 0.25) is 0 Å². The Hall–Kier alpha value is -2.80. The molecule has 0 spiro atoms. The van der Waals surface area contributed by atoms with E-state index in [-0.39, 0.29) is 11.7 Å². The van der Waals surface area contributed by atoms with Gasteiger partial charge in [-0.1, -0.05) is 23.9 Å². The molecule has 0 saturated heterocycles. The largest absolute Gasteiger partial charge is 0.448 e. The highest BCUT2D eigenvalue weighted by molar-refractivity contribution is 7.99. The molecule has 4 rings (SSSR count). The third-order valence-corrected chi connectivity index (χ3v) is 5.35. The summed E-state index contributed by atoms with van der Waals surface area (Å²) in [6, 6.07) is 10.5. The number of rotatable bonds is 4. The molecule has 1 aliphatic heterocycles. The number of carbonyl (C=O) groups is 1. The Balaban J connectivity index is 1.47. The number of hydrogen-bond acceptors (Lipinski definition) is 5. The molecule has 1 amide bonds. The lowest BCUT2D eigenvalue weighted by molar-refractivity contribution is 0.0953. The van der Waals surface area contributed by atoms with Crippen LogP contribution in [0.1, 0.15) is 21.7 Å². The average Bonchev–Trinajstić information content (AvgIpc) is 3.08. The number of oxazole rings is 1. The van der Waals surface area contributed by atoms with Crippen LogP contribution in [0.3, 0.4) is 0 Å². The lowest BCUT2D eigenvalue weighted by Gasteiger charge is -2.10. The van der Waals surface area contributed by atoms with Gasteiger partial charge in [-0.3, -0.25) is 4.79 Å². The van der Waals surface area contributed by atoms with E-state index < -0.39 is 0 Å². The maximum atomic E-state index is 14.1. The van der Waals surface area contributed by atoms with Gasteiger partial charge in [0.05, 0.1) is 11.1 Å². The quantitative estimate of drug-likeness (QED) is 0.731. The van der Waals surface area contributed by atoms with Crippen LogP contribution in [-0.4, -0.2) is 17.4 Å². The Morgan fingerprint density at radius 1 is 1.35 bits per heavy atom. The molecule has 3 aromatic rings. The van der Waals surface area contributed by atoms with Crippen molar-refractivity contribution >= 4 is 23.4 Å². The summed E-state index contributed by atoms with van der Waals surface area (Å²) in [5, 5.41) is 6.16.